The van der Waals surface area contributed by atoms with Gasteiger partial charge in [-0.15, -0.1) is 0 Å². The number of imidazole rings is 2. The highest BCUT2D eigenvalue weighted by atomic mass is 16.2. The Labute approximate surface area is 158 Å². The van der Waals surface area contributed by atoms with Crippen LogP contribution in [0.15, 0.2) is 43.2 Å². The van der Waals surface area contributed by atoms with Crippen molar-refractivity contribution in [2.75, 3.05) is 13.1 Å². The number of hydrogen-bond donors (Lipinski definition) is 0. The zero-order valence-electron chi connectivity index (χ0n) is 15.7. The van der Waals surface area contributed by atoms with Crippen molar-refractivity contribution in [2.45, 2.75) is 26.3 Å². The second kappa shape index (κ2) is 7.34. The smallest absolute Gasteiger partial charge is 0.274 e. The van der Waals surface area contributed by atoms with Crippen LogP contribution in [-0.4, -0.2) is 48.0 Å². The van der Waals surface area contributed by atoms with E-state index in [1.807, 2.05) is 34.8 Å². The van der Waals surface area contributed by atoms with Gasteiger partial charge in [0.25, 0.3) is 5.91 Å². The van der Waals surface area contributed by atoms with Crippen molar-refractivity contribution in [1.82, 2.24) is 29.0 Å². The molecule has 0 aromatic carbocycles. The molecule has 1 atom stereocenters. The molecule has 1 amide bonds. The summed E-state index contributed by atoms with van der Waals surface area (Å²) in [6.07, 6.45) is 11.1. The fourth-order valence-corrected chi connectivity index (χ4v) is 3.76. The molecule has 1 unspecified atom stereocenters. The molecule has 1 aliphatic heterocycles. The highest BCUT2D eigenvalue weighted by molar-refractivity contribution is 5.92. The van der Waals surface area contributed by atoms with E-state index in [0.717, 1.165) is 49.6 Å². The van der Waals surface area contributed by atoms with Crippen molar-refractivity contribution >= 4 is 5.91 Å². The van der Waals surface area contributed by atoms with Gasteiger partial charge in [0, 0.05) is 62.7 Å². The molecule has 1 aliphatic rings. The van der Waals surface area contributed by atoms with Gasteiger partial charge in [0.1, 0.15) is 11.5 Å². The average molecular weight is 364 g/mol. The van der Waals surface area contributed by atoms with E-state index in [4.69, 9.17) is 0 Å². The summed E-state index contributed by atoms with van der Waals surface area (Å²) >= 11 is 0. The molecule has 3 aromatic heterocycles. The average Bonchev–Trinajstić information content (AvgIpc) is 3.28. The summed E-state index contributed by atoms with van der Waals surface area (Å²) in [5.41, 5.74) is 2.72. The topological polar surface area (TPSA) is 68.8 Å². The number of nitrogens with zero attached hydrogens (tertiary/aromatic N) is 6. The lowest BCUT2D eigenvalue weighted by atomic mass is 9.97. The van der Waals surface area contributed by atoms with Gasteiger partial charge >= 0.3 is 0 Å². The van der Waals surface area contributed by atoms with Crippen molar-refractivity contribution in [3.05, 3.63) is 54.6 Å². The van der Waals surface area contributed by atoms with Gasteiger partial charge in [-0.2, -0.15) is 0 Å². The van der Waals surface area contributed by atoms with E-state index in [1.54, 1.807) is 24.9 Å². The number of aryl methyl sites for hydroxylation is 2. The van der Waals surface area contributed by atoms with Gasteiger partial charge < -0.3 is 14.0 Å². The Morgan fingerprint density at radius 2 is 2.07 bits per heavy atom. The first kappa shape index (κ1) is 17.5. The van der Waals surface area contributed by atoms with Crippen LogP contribution in [0, 0.1) is 12.8 Å². The molecule has 7 nitrogen and oxygen atoms in total. The normalized spacial score (nSPS) is 17.3. The fourth-order valence-electron chi connectivity index (χ4n) is 3.76. The number of hydrogen-bond acceptors (Lipinski definition) is 4. The minimum Gasteiger partial charge on any atom is -0.340 e. The molecule has 0 spiro atoms. The lowest BCUT2D eigenvalue weighted by molar-refractivity contribution is 0.0657. The van der Waals surface area contributed by atoms with Gasteiger partial charge in [0.05, 0.1) is 6.33 Å². The summed E-state index contributed by atoms with van der Waals surface area (Å²) in [5.74, 6) is 1.39. The largest absolute Gasteiger partial charge is 0.340 e. The highest BCUT2D eigenvalue weighted by Crippen LogP contribution is 2.24. The van der Waals surface area contributed by atoms with E-state index >= 15 is 0 Å². The van der Waals surface area contributed by atoms with Gasteiger partial charge in [-0.3, -0.25) is 9.78 Å². The van der Waals surface area contributed by atoms with Crippen LogP contribution >= 0.6 is 0 Å². The van der Waals surface area contributed by atoms with Crippen LogP contribution < -0.4 is 0 Å². The predicted molar refractivity (Wildman–Crippen MR) is 102 cm³/mol. The van der Waals surface area contributed by atoms with Crippen LogP contribution in [0.1, 0.15) is 29.0 Å². The Hall–Kier alpha value is -2.96. The van der Waals surface area contributed by atoms with Crippen LogP contribution in [0.25, 0.3) is 11.4 Å². The molecule has 140 valence electrons. The van der Waals surface area contributed by atoms with Gasteiger partial charge in [-0.25, -0.2) is 9.97 Å². The van der Waals surface area contributed by atoms with Gasteiger partial charge in [0.2, 0.25) is 0 Å². The first-order chi connectivity index (χ1) is 13.1. The molecule has 0 aliphatic carbocycles. The van der Waals surface area contributed by atoms with Crippen molar-refractivity contribution in [3.8, 4) is 11.4 Å². The molecule has 0 N–H and O–H groups in total. The minimum atomic E-state index is 0.0250. The zero-order chi connectivity index (χ0) is 18.8. The number of carbonyl (C=O) groups excluding carboxylic acids is 1. The van der Waals surface area contributed by atoms with E-state index in [2.05, 4.69) is 26.4 Å². The molecule has 1 saturated heterocycles. The molecule has 4 rings (SSSR count). The number of likely N-dealkylation sites (tertiary alicyclic amines) is 1. The summed E-state index contributed by atoms with van der Waals surface area (Å²) in [4.78, 5) is 27.6. The van der Waals surface area contributed by atoms with E-state index < -0.39 is 0 Å². The number of rotatable bonds is 4. The van der Waals surface area contributed by atoms with Crippen molar-refractivity contribution in [3.63, 3.8) is 0 Å². The molecule has 7 heteroatoms. The first-order valence-electron chi connectivity index (χ1n) is 9.31. The van der Waals surface area contributed by atoms with Crippen LogP contribution in [0.2, 0.25) is 0 Å². The van der Waals surface area contributed by atoms with Crippen LogP contribution in [-0.2, 0) is 13.6 Å². The monoisotopic (exact) mass is 364 g/mol. The number of piperidine rings is 1. The summed E-state index contributed by atoms with van der Waals surface area (Å²) < 4.78 is 4.07. The van der Waals surface area contributed by atoms with E-state index in [0.29, 0.717) is 11.6 Å². The van der Waals surface area contributed by atoms with Crippen molar-refractivity contribution in [2.24, 2.45) is 13.0 Å². The van der Waals surface area contributed by atoms with Gasteiger partial charge in [-0.05, 0) is 37.8 Å². The van der Waals surface area contributed by atoms with Crippen molar-refractivity contribution < 1.29 is 4.79 Å². The van der Waals surface area contributed by atoms with Crippen LogP contribution in [0.3, 0.4) is 0 Å². The molecule has 4 heterocycles. The molecular weight excluding hydrogens is 340 g/mol. The molecule has 0 radical (unpaired) electrons. The quantitative estimate of drug-likeness (QED) is 0.713. The number of pyridine rings is 1. The molecule has 27 heavy (non-hydrogen) atoms. The standard InChI is InChI=1S/C20H24N6O/c1-15-10-22-19(17-5-7-21-8-6-17)26(15)12-16-4-3-9-25(11-16)20(27)18-13-24(2)14-23-18/h5-8,10,13-14,16H,3-4,9,11-12H2,1-2H3. The maximum Gasteiger partial charge on any atom is 0.274 e. The second-order valence-corrected chi connectivity index (χ2v) is 7.25. The lowest BCUT2D eigenvalue weighted by Gasteiger charge is -2.33. The lowest BCUT2D eigenvalue weighted by Crippen LogP contribution is -2.41. The van der Waals surface area contributed by atoms with Crippen LogP contribution in [0.5, 0.6) is 0 Å². The molecule has 3 aromatic rings. The maximum atomic E-state index is 12.7. The summed E-state index contributed by atoms with van der Waals surface area (Å²) in [7, 11) is 1.88. The Morgan fingerprint density at radius 3 is 2.81 bits per heavy atom. The van der Waals surface area contributed by atoms with E-state index in [9.17, 15) is 4.79 Å². The second-order valence-electron chi connectivity index (χ2n) is 7.25. The summed E-state index contributed by atoms with van der Waals surface area (Å²) in [6, 6.07) is 3.96. The van der Waals surface area contributed by atoms with Crippen molar-refractivity contribution in [1.29, 1.82) is 0 Å². The molecule has 0 saturated carbocycles. The Morgan fingerprint density at radius 1 is 1.26 bits per heavy atom. The third-order valence-corrected chi connectivity index (χ3v) is 5.16. The first-order valence-corrected chi connectivity index (χ1v) is 9.31. The number of carbonyl (C=O) groups is 1. The highest BCUT2D eigenvalue weighted by Gasteiger charge is 2.26. The SMILES string of the molecule is Cc1cnc(-c2ccncc2)n1CC1CCCN(C(=O)c2cn(C)cn2)C1. The fraction of sp³-hybridized carbons (Fsp3) is 0.400. The molecule has 1 fully saturated rings. The molecule has 0 bridgehead atoms. The van der Waals surface area contributed by atoms with E-state index in [-0.39, 0.29) is 5.91 Å². The summed E-state index contributed by atoms with van der Waals surface area (Å²) in [6.45, 7) is 4.49. The Balaban J connectivity index is 1.50. The third kappa shape index (κ3) is 3.63. The zero-order valence-corrected chi connectivity index (χ0v) is 15.7. The summed E-state index contributed by atoms with van der Waals surface area (Å²) in [5, 5.41) is 0. The minimum absolute atomic E-state index is 0.0250. The van der Waals surface area contributed by atoms with Crippen LogP contribution in [0.4, 0.5) is 0 Å². The maximum absolute atomic E-state index is 12.7. The molecular formula is C20H24N6O. The van der Waals surface area contributed by atoms with Gasteiger partial charge in [-0.1, -0.05) is 0 Å². The van der Waals surface area contributed by atoms with Gasteiger partial charge in [0.15, 0.2) is 0 Å². The number of aromatic nitrogens is 5. The Kier molecular flexibility index (Phi) is 4.75. The number of amides is 1. The Bertz CT molecular complexity index is 929. The predicted octanol–water partition coefficient (Wildman–Crippen LogP) is 2.54. The van der Waals surface area contributed by atoms with E-state index in [1.165, 1.54) is 0 Å². The third-order valence-electron chi connectivity index (χ3n) is 5.16.